The molecule has 94 valence electrons. The molecule has 2 rings (SSSR count). The molecule has 0 saturated heterocycles. The van der Waals surface area contributed by atoms with Crippen molar-refractivity contribution in [3.05, 3.63) is 46.3 Å². The SMILES string of the molecule is NNc1c(CSc2ncco2)cccc1[N+](=O)[O-]. The molecule has 0 saturated carbocycles. The van der Waals surface area contributed by atoms with Crippen LogP contribution in [0.3, 0.4) is 0 Å². The van der Waals surface area contributed by atoms with Gasteiger partial charge in [0.25, 0.3) is 10.9 Å². The number of nitro groups is 1. The molecule has 18 heavy (non-hydrogen) atoms. The van der Waals surface area contributed by atoms with E-state index < -0.39 is 4.92 Å². The fraction of sp³-hybridized carbons (Fsp3) is 0.100. The van der Waals surface area contributed by atoms with Crippen LogP contribution in [-0.4, -0.2) is 9.91 Å². The first-order valence-electron chi connectivity index (χ1n) is 4.97. The maximum absolute atomic E-state index is 10.8. The molecule has 1 aromatic heterocycles. The molecular formula is C10H10N4O3S. The molecule has 0 fully saturated rings. The third kappa shape index (κ3) is 2.60. The van der Waals surface area contributed by atoms with Crippen LogP contribution in [0.1, 0.15) is 5.56 Å². The molecule has 0 aliphatic rings. The molecule has 0 spiro atoms. The molecule has 0 radical (unpaired) electrons. The number of oxazole rings is 1. The fourth-order valence-electron chi connectivity index (χ4n) is 1.45. The monoisotopic (exact) mass is 266 g/mol. The fourth-order valence-corrected chi connectivity index (χ4v) is 2.23. The van der Waals surface area contributed by atoms with Crippen molar-refractivity contribution in [2.24, 2.45) is 5.84 Å². The van der Waals surface area contributed by atoms with Gasteiger partial charge in [0.15, 0.2) is 0 Å². The lowest BCUT2D eigenvalue weighted by molar-refractivity contribution is -0.384. The second-order valence-electron chi connectivity index (χ2n) is 3.30. The summed E-state index contributed by atoms with van der Waals surface area (Å²) in [5.74, 6) is 5.81. The highest BCUT2D eigenvalue weighted by Gasteiger charge is 2.16. The van der Waals surface area contributed by atoms with Crippen LogP contribution < -0.4 is 11.3 Å². The van der Waals surface area contributed by atoms with Crippen LogP contribution in [0, 0.1) is 10.1 Å². The highest BCUT2D eigenvalue weighted by atomic mass is 32.2. The molecule has 0 aliphatic heterocycles. The predicted molar refractivity (Wildman–Crippen MR) is 67.0 cm³/mol. The number of hydrogen-bond donors (Lipinski definition) is 2. The summed E-state index contributed by atoms with van der Waals surface area (Å²) >= 11 is 1.33. The van der Waals surface area contributed by atoms with Crippen LogP contribution in [-0.2, 0) is 5.75 Å². The smallest absolute Gasteiger partial charge is 0.293 e. The van der Waals surface area contributed by atoms with Crippen molar-refractivity contribution < 1.29 is 9.34 Å². The molecule has 1 heterocycles. The first kappa shape index (κ1) is 12.4. The number of nitrogens with zero attached hydrogens (tertiary/aromatic N) is 2. The van der Waals surface area contributed by atoms with Crippen LogP contribution in [0.25, 0.3) is 0 Å². The second-order valence-corrected chi connectivity index (χ2v) is 4.23. The summed E-state index contributed by atoms with van der Waals surface area (Å²) in [6, 6.07) is 4.77. The molecule has 1 aromatic carbocycles. The number of rotatable bonds is 5. The Bertz CT molecular complexity index is 544. The molecule has 7 nitrogen and oxygen atoms in total. The molecule has 3 N–H and O–H groups in total. The molecule has 0 atom stereocenters. The van der Waals surface area contributed by atoms with E-state index in [9.17, 15) is 10.1 Å². The van der Waals surface area contributed by atoms with E-state index in [1.807, 2.05) is 0 Å². The maximum Gasteiger partial charge on any atom is 0.293 e. The predicted octanol–water partition coefficient (Wildman–Crippen LogP) is 2.16. The number of anilines is 1. The maximum atomic E-state index is 10.8. The number of nitrogen functional groups attached to an aromatic ring is 1. The van der Waals surface area contributed by atoms with Crippen LogP contribution in [0.5, 0.6) is 0 Å². The standard InChI is InChI=1S/C10H10N4O3S/c11-13-9-7(2-1-3-8(9)14(15)16)6-18-10-12-4-5-17-10/h1-5,13H,6,11H2. The summed E-state index contributed by atoms with van der Waals surface area (Å²) in [5.41, 5.74) is 3.34. The van der Waals surface area contributed by atoms with Crippen LogP contribution in [0.4, 0.5) is 11.4 Å². The summed E-state index contributed by atoms with van der Waals surface area (Å²) in [5, 5.41) is 11.3. The summed E-state index contributed by atoms with van der Waals surface area (Å²) in [6.07, 6.45) is 3.01. The number of para-hydroxylation sites is 1. The van der Waals surface area contributed by atoms with Crippen molar-refractivity contribution in [1.82, 2.24) is 4.98 Å². The molecule has 0 unspecified atom stereocenters. The first-order valence-corrected chi connectivity index (χ1v) is 5.96. The Kier molecular flexibility index (Phi) is 3.80. The van der Waals surface area contributed by atoms with Crippen molar-refractivity contribution >= 4 is 23.1 Å². The zero-order valence-electron chi connectivity index (χ0n) is 9.20. The lowest BCUT2D eigenvalue weighted by atomic mass is 10.2. The van der Waals surface area contributed by atoms with Crippen molar-refractivity contribution in [1.29, 1.82) is 0 Å². The molecular weight excluding hydrogens is 256 g/mol. The van der Waals surface area contributed by atoms with Crippen molar-refractivity contribution in [3.8, 4) is 0 Å². The zero-order valence-corrected chi connectivity index (χ0v) is 10.0. The molecule has 0 amide bonds. The van der Waals surface area contributed by atoms with E-state index in [-0.39, 0.29) is 5.69 Å². The van der Waals surface area contributed by atoms with Crippen molar-refractivity contribution in [3.63, 3.8) is 0 Å². The number of nitrogens with one attached hydrogen (secondary N) is 1. The molecule has 8 heteroatoms. The number of nitro benzene ring substituents is 1. The highest BCUT2D eigenvalue weighted by Crippen LogP contribution is 2.31. The Morgan fingerprint density at radius 2 is 2.39 bits per heavy atom. The van der Waals surface area contributed by atoms with Gasteiger partial charge >= 0.3 is 0 Å². The normalized spacial score (nSPS) is 10.3. The van der Waals surface area contributed by atoms with E-state index in [1.165, 1.54) is 30.3 Å². The van der Waals surface area contributed by atoms with Gasteiger partial charge in [-0.2, -0.15) is 0 Å². The van der Waals surface area contributed by atoms with E-state index in [0.29, 0.717) is 16.7 Å². The summed E-state index contributed by atoms with van der Waals surface area (Å²) in [7, 11) is 0. The number of aromatic nitrogens is 1. The van der Waals surface area contributed by atoms with Gasteiger partial charge in [-0.15, -0.1) is 0 Å². The van der Waals surface area contributed by atoms with Gasteiger partial charge < -0.3 is 9.84 Å². The summed E-state index contributed by atoms with van der Waals surface area (Å²) in [6.45, 7) is 0. The molecule has 0 bridgehead atoms. The van der Waals surface area contributed by atoms with Gasteiger partial charge in [0.1, 0.15) is 12.0 Å². The minimum atomic E-state index is -0.478. The van der Waals surface area contributed by atoms with Crippen LogP contribution >= 0.6 is 11.8 Å². The van der Waals surface area contributed by atoms with E-state index in [1.54, 1.807) is 12.1 Å². The number of benzene rings is 1. The largest absolute Gasteiger partial charge is 0.440 e. The lowest BCUT2D eigenvalue weighted by Crippen LogP contribution is -2.11. The van der Waals surface area contributed by atoms with Gasteiger partial charge in [0.05, 0.1) is 11.1 Å². The summed E-state index contributed by atoms with van der Waals surface area (Å²) < 4.78 is 5.07. The van der Waals surface area contributed by atoms with Gasteiger partial charge in [-0.3, -0.25) is 16.0 Å². The van der Waals surface area contributed by atoms with Gasteiger partial charge in [0, 0.05) is 11.8 Å². The third-order valence-corrected chi connectivity index (χ3v) is 3.13. The van der Waals surface area contributed by atoms with E-state index >= 15 is 0 Å². The van der Waals surface area contributed by atoms with E-state index in [4.69, 9.17) is 10.3 Å². The second kappa shape index (κ2) is 5.52. The Balaban J connectivity index is 2.22. The quantitative estimate of drug-likeness (QED) is 0.369. The zero-order chi connectivity index (χ0) is 13.0. The molecule has 2 aromatic rings. The van der Waals surface area contributed by atoms with Crippen LogP contribution in [0.2, 0.25) is 0 Å². The Morgan fingerprint density at radius 1 is 1.56 bits per heavy atom. The number of thioether (sulfide) groups is 1. The minimum absolute atomic E-state index is 0.0528. The molecule has 0 aliphatic carbocycles. The Hall–Kier alpha value is -2.06. The highest BCUT2D eigenvalue weighted by molar-refractivity contribution is 7.98. The van der Waals surface area contributed by atoms with Gasteiger partial charge in [-0.25, -0.2) is 4.98 Å². The summed E-state index contributed by atoms with van der Waals surface area (Å²) in [4.78, 5) is 14.3. The Morgan fingerprint density at radius 3 is 3.00 bits per heavy atom. The topological polar surface area (TPSA) is 107 Å². The van der Waals surface area contributed by atoms with Crippen molar-refractivity contribution in [2.45, 2.75) is 11.0 Å². The van der Waals surface area contributed by atoms with Gasteiger partial charge in [-0.05, 0) is 5.56 Å². The number of nitrogens with two attached hydrogens (primary N) is 1. The van der Waals surface area contributed by atoms with Crippen LogP contribution in [0.15, 0.2) is 40.3 Å². The lowest BCUT2D eigenvalue weighted by Gasteiger charge is -2.07. The number of hydrogen-bond acceptors (Lipinski definition) is 7. The minimum Gasteiger partial charge on any atom is -0.440 e. The van der Waals surface area contributed by atoms with Crippen molar-refractivity contribution in [2.75, 3.05) is 5.43 Å². The first-order chi connectivity index (χ1) is 8.72. The average molecular weight is 266 g/mol. The van der Waals surface area contributed by atoms with E-state index in [0.717, 1.165) is 5.56 Å². The van der Waals surface area contributed by atoms with Gasteiger partial charge in [-0.1, -0.05) is 23.9 Å². The third-order valence-electron chi connectivity index (χ3n) is 2.23. The number of hydrazine groups is 1. The van der Waals surface area contributed by atoms with Gasteiger partial charge in [0.2, 0.25) is 0 Å². The average Bonchev–Trinajstić information content (AvgIpc) is 2.88. The van der Waals surface area contributed by atoms with E-state index in [2.05, 4.69) is 10.4 Å². The Labute approximate surface area is 107 Å².